The second kappa shape index (κ2) is 5.26. The first kappa shape index (κ1) is 15.1. The highest BCUT2D eigenvalue weighted by Crippen LogP contribution is 2.41. The van der Waals surface area contributed by atoms with E-state index in [9.17, 15) is 19.2 Å². The predicted molar refractivity (Wildman–Crippen MR) is 86.3 cm³/mol. The van der Waals surface area contributed by atoms with Crippen LogP contribution >= 0.6 is 0 Å². The number of fused-ring (bicyclic) bond motifs is 2. The number of carbonyl (C=O) groups excluding carboxylic acids is 4. The van der Waals surface area contributed by atoms with Crippen LogP contribution in [-0.2, 0) is 25.6 Å². The maximum absolute atomic E-state index is 12.7. The van der Waals surface area contributed by atoms with Crippen LogP contribution in [0.1, 0.15) is 38.2 Å². The van der Waals surface area contributed by atoms with E-state index in [1.54, 1.807) is 18.2 Å². The van der Waals surface area contributed by atoms with E-state index in [0.717, 1.165) is 36.1 Å². The van der Waals surface area contributed by atoms with Crippen molar-refractivity contribution in [2.24, 2.45) is 11.8 Å². The summed E-state index contributed by atoms with van der Waals surface area (Å²) in [5.74, 6) is -1.37. The molecule has 0 spiro atoms. The summed E-state index contributed by atoms with van der Waals surface area (Å²) in [6.45, 7) is 1.33. The maximum Gasteiger partial charge on any atom is 0.238 e. The lowest BCUT2D eigenvalue weighted by Gasteiger charge is -2.19. The molecule has 124 valence electrons. The lowest BCUT2D eigenvalue weighted by atomic mass is 9.81. The van der Waals surface area contributed by atoms with Crippen LogP contribution in [0.25, 0.3) is 0 Å². The highest BCUT2D eigenvalue weighted by Gasteiger charge is 2.49. The molecule has 24 heavy (non-hydrogen) atoms. The first-order valence-electron chi connectivity index (χ1n) is 8.33. The summed E-state index contributed by atoms with van der Waals surface area (Å²) in [5, 5.41) is 0. The molecule has 6 heteroatoms. The number of benzene rings is 1. The number of anilines is 2. The number of nitrogens with zero attached hydrogens (tertiary/aromatic N) is 2. The summed E-state index contributed by atoms with van der Waals surface area (Å²) in [5.41, 5.74) is 1.69. The molecule has 3 aliphatic rings. The molecule has 2 unspecified atom stereocenters. The third-order valence-electron chi connectivity index (χ3n) is 5.32. The Balaban J connectivity index is 1.74. The van der Waals surface area contributed by atoms with Crippen molar-refractivity contribution in [3.8, 4) is 0 Å². The number of rotatable bonds is 1. The highest BCUT2D eigenvalue weighted by molar-refractivity contribution is 6.23. The molecule has 4 rings (SSSR count). The highest BCUT2D eigenvalue weighted by atomic mass is 16.2. The summed E-state index contributed by atoms with van der Waals surface area (Å²) < 4.78 is 0. The number of imide groups is 2. The van der Waals surface area contributed by atoms with E-state index in [4.69, 9.17) is 0 Å². The molecule has 1 aliphatic carbocycles. The Labute approximate surface area is 139 Å². The molecule has 0 radical (unpaired) electrons. The van der Waals surface area contributed by atoms with Crippen LogP contribution in [0.3, 0.4) is 0 Å². The van der Waals surface area contributed by atoms with E-state index in [0.29, 0.717) is 11.4 Å². The SMILES string of the molecule is CC(=O)N1C(=O)Cc2ccc(N3C(=O)C4CCCCC4C3=O)cc21. The Morgan fingerprint density at radius 2 is 1.67 bits per heavy atom. The quantitative estimate of drug-likeness (QED) is 0.738. The first-order valence-corrected chi connectivity index (χ1v) is 8.33. The second-order valence-corrected chi connectivity index (χ2v) is 6.75. The van der Waals surface area contributed by atoms with Gasteiger partial charge in [-0.3, -0.25) is 24.1 Å². The summed E-state index contributed by atoms with van der Waals surface area (Å²) in [4.78, 5) is 51.5. The molecule has 1 aromatic carbocycles. The molecule has 6 nitrogen and oxygen atoms in total. The summed E-state index contributed by atoms with van der Waals surface area (Å²) in [6.07, 6.45) is 3.64. The normalized spacial score (nSPS) is 26.0. The first-order chi connectivity index (χ1) is 11.5. The fourth-order valence-electron chi connectivity index (χ4n) is 4.19. The Morgan fingerprint density at radius 3 is 2.25 bits per heavy atom. The van der Waals surface area contributed by atoms with Gasteiger partial charge in [-0.25, -0.2) is 4.90 Å². The van der Waals surface area contributed by atoms with E-state index in [-0.39, 0.29) is 41.9 Å². The fraction of sp³-hybridized carbons (Fsp3) is 0.444. The molecule has 0 bridgehead atoms. The molecule has 2 heterocycles. The van der Waals surface area contributed by atoms with Crippen LogP contribution in [-0.4, -0.2) is 23.6 Å². The predicted octanol–water partition coefficient (Wildman–Crippen LogP) is 1.80. The van der Waals surface area contributed by atoms with Gasteiger partial charge < -0.3 is 0 Å². The Bertz CT molecular complexity index is 761. The second-order valence-electron chi connectivity index (χ2n) is 6.75. The van der Waals surface area contributed by atoms with E-state index in [1.165, 1.54) is 11.8 Å². The van der Waals surface area contributed by atoms with Crippen LogP contribution in [0.2, 0.25) is 0 Å². The Hall–Kier alpha value is -2.50. The Morgan fingerprint density at radius 1 is 1.04 bits per heavy atom. The van der Waals surface area contributed by atoms with Gasteiger partial charge in [0.15, 0.2) is 0 Å². The van der Waals surface area contributed by atoms with Gasteiger partial charge in [-0.1, -0.05) is 18.9 Å². The van der Waals surface area contributed by atoms with Crippen molar-refractivity contribution >= 4 is 35.0 Å². The van der Waals surface area contributed by atoms with Gasteiger partial charge in [0.05, 0.1) is 29.6 Å². The van der Waals surface area contributed by atoms with Crippen LogP contribution in [0.4, 0.5) is 11.4 Å². The van der Waals surface area contributed by atoms with Gasteiger partial charge in [0.2, 0.25) is 23.6 Å². The average Bonchev–Trinajstić information content (AvgIpc) is 3.01. The third kappa shape index (κ3) is 2.02. The monoisotopic (exact) mass is 326 g/mol. The van der Waals surface area contributed by atoms with Gasteiger partial charge >= 0.3 is 0 Å². The molecule has 1 saturated carbocycles. The molecule has 1 saturated heterocycles. The van der Waals surface area contributed by atoms with Crippen molar-refractivity contribution < 1.29 is 19.2 Å². The zero-order valence-electron chi connectivity index (χ0n) is 13.4. The zero-order valence-corrected chi connectivity index (χ0v) is 13.4. The van der Waals surface area contributed by atoms with Gasteiger partial charge in [0.25, 0.3) is 0 Å². The van der Waals surface area contributed by atoms with Crippen molar-refractivity contribution in [1.82, 2.24) is 0 Å². The van der Waals surface area contributed by atoms with Crippen LogP contribution < -0.4 is 9.80 Å². The van der Waals surface area contributed by atoms with Crippen LogP contribution in [0.15, 0.2) is 18.2 Å². The minimum absolute atomic E-state index is 0.150. The van der Waals surface area contributed by atoms with E-state index >= 15 is 0 Å². The fourth-order valence-corrected chi connectivity index (χ4v) is 4.19. The zero-order chi connectivity index (χ0) is 17.0. The van der Waals surface area contributed by atoms with Gasteiger partial charge in [-0.2, -0.15) is 0 Å². The van der Waals surface area contributed by atoms with Crippen molar-refractivity contribution in [2.45, 2.75) is 39.0 Å². The number of carbonyl (C=O) groups is 4. The largest absolute Gasteiger partial charge is 0.274 e. The van der Waals surface area contributed by atoms with E-state index < -0.39 is 0 Å². The van der Waals surface area contributed by atoms with Crippen LogP contribution in [0.5, 0.6) is 0 Å². The number of hydrogen-bond acceptors (Lipinski definition) is 4. The van der Waals surface area contributed by atoms with Crippen molar-refractivity contribution in [3.05, 3.63) is 23.8 Å². The van der Waals surface area contributed by atoms with Crippen LogP contribution in [0, 0.1) is 11.8 Å². The van der Waals surface area contributed by atoms with Gasteiger partial charge in [0, 0.05) is 6.92 Å². The number of hydrogen-bond donors (Lipinski definition) is 0. The van der Waals surface area contributed by atoms with Gasteiger partial charge in [-0.05, 0) is 30.5 Å². The van der Waals surface area contributed by atoms with Crippen molar-refractivity contribution in [2.75, 3.05) is 9.80 Å². The molecule has 0 aromatic heterocycles. The standard InChI is InChI=1S/C18H18N2O4/c1-10(21)19-15-9-12(7-6-11(15)8-16(19)22)20-17(23)13-4-2-3-5-14(13)18(20)24/h6-7,9,13-14H,2-5,8H2,1H3. The van der Waals surface area contributed by atoms with E-state index in [1.807, 2.05) is 0 Å². The lowest BCUT2D eigenvalue weighted by molar-refractivity contribution is -0.125. The summed E-state index contributed by atoms with van der Waals surface area (Å²) >= 11 is 0. The maximum atomic E-state index is 12.7. The van der Waals surface area contributed by atoms with Gasteiger partial charge in [-0.15, -0.1) is 0 Å². The molecule has 4 amide bonds. The van der Waals surface area contributed by atoms with Gasteiger partial charge in [0.1, 0.15) is 0 Å². The average molecular weight is 326 g/mol. The smallest absolute Gasteiger partial charge is 0.238 e. The minimum Gasteiger partial charge on any atom is -0.274 e. The summed E-state index contributed by atoms with van der Waals surface area (Å²) in [6, 6.07) is 5.05. The van der Waals surface area contributed by atoms with Crippen molar-refractivity contribution in [3.63, 3.8) is 0 Å². The number of amides is 4. The molecular formula is C18H18N2O4. The summed E-state index contributed by atoms with van der Waals surface area (Å²) in [7, 11) is 0. The molecule has 2 atom stereocenters. The third-order valence-corrected chi connectivity index (χ3v) is 5.32. The molecular weight excluding hydrogens is 308 g/mol. The molecule has 2 aliphatic heterocycles. The Kier molecular flexibility index (Phi) is 3.30. The topological polar surface area (TPSA) is 74.8 Å². The van der Waals surface area contributed by atoms with E-state index in [2.05, 4.69) is 0 Å². The lowest BCUT2D eigenvalue weighted by Crippen LogP contribution is -2.32. The molecule has 2 fully saturated rings. The van der Waals surface area contributed by atoms with Crippen molar-refractivity contribution in [1.29, 1.82) is 0 Å². The minimum atomic E-state index is -0.358. The molecule has 1 aromatic rings. The molecule has 0 N–H and O–H groups in total.